The molecule has 0 aromatic carbocycles. The van der Waals surface area contributed by atoms with E-state index in [-0.39, 0.29) is 11.3 Å². The van der Waals surface area contributed by atoms with Gasteiger partial charge < -0.3 is 24.6 Å². The van der Waals surface area contributed by atoms with Gasteiger partial charge in [-0.05, 0) is 29.9 Å². The van der Waals surface area contributed by atoms with E-state index in [2.05, 4.69) is 62.8 Å². The van der Waals surface area contributed by atoms with Crippen LogP contribution < -0.4 is 5.32 Å². The second-order valence-corrected chi connectivity index (χ2v) is 8.85. The maximum atomic E-state index is 12.4. The van der Waals surface area contributed by atoms with Gasteiger partial charge in [-0.3, -0.25) is 0 Å². The highest BCUT2D eigenvalue weighted by Gasteiger charge is 2.60. The van der Waals surface area contributed by atoms with Gasteiger partial charge in [0.25, 0.3) is 0 Å². The highest BCUT2D eigenvalue weighted by Crippen LogP contribution is 2.55. The Morgan fingerprint density at radius 3 is 2.55 bits per heavy atom. The van der Waals surface area contributed by atoms with Crippen LogP contribution in [0.1, 0.15) is 40.5 Å². The molecule has 3 aliphatic rings. The Bertz CT molecular complexity index is 862. The molecule has 168 valence electrons. The number of nitrogens with one attached hydrogen (secondary N) is 1. The number of methoxy groups -OCH3 is 1. The molecule has 2 aliphatic carbocycles. The molecular weight excluding hydrogens is 394 g/mol. The number of amides is 1. The van der Waals surface area contributed by atoms with Gasteiger partial charge in [-0.2, -0.15) is 0 Å². The van der Waals surface area contributed by atoms with Crippen LogP contribution in [0.15, 0.2) is 23.8 Å². The fourth-order valence-corrected chi connectivity index (χ4v) is 5.03. The van der Waals surface area contributed by atoms with Crippen LogP contribution in [0.25, 0.3) is 0 Å². The molecule has 1 spiro atoms. The highest BCUT2D eigenvalue weighted by atomic mass is 16.7. The fourth-order valence-electron chi connectivity index (χ4n) is 5.03. The van der Waals surface area contributed by atoms with E-state index in [4.69, 9.17) is 14.2 Å². The second kappa shape index (κ2) is 9.49. The molecule has 3 unspecified atom stereocenters. The molecule has 6 nitrogen and oxygen atoms in total. The number of allylic oxidation sites excluding steroid dienone is 3. The van der Waals surface area contributed by atoms with Crippen LogP contribution in [0.2, 0.25) is 0 Å². The molecule has 0 bridgehead atoms. The molecule has 3 rings (SSSR count). The van der Waals surface area contributed by atoms with Gasteiger partial charge in [0, 0.05) is 12.3 Å². The summed E-state index contributed by atoms with van der Waals surface area (Å²) in [7, 11) is 1.32. The van der Waals surface area contributed by atoms with Crippen molar-refractivity contribution >= 4 is 6.09 Å². The number of alkyl carbamates (subject to hydrolysis) is 1. The standard InChI is InChI=1S/C25H33NO5/c1-6-11-19-21-18(12-9-7-8-10-13-20(21)27)22(26-23(28)29-5)25(30-14-15-31-25)16-24(19,4)17(2)3/h7-8,11,17-18,20-22,27H,6,14-16H2,1-5H3,(H,26,28)/b8-7-,19-11+/t18?,20-,21?,22?,24-/m0/s1. The summed E-state index contributed by atoms with van der Waals surface area (Å²) in [5.41, 5.74) is 0.711. The molecule has 1 heterocycles. The van der Waals surface area contributed by atoms with Crippen LogP contribution in [-0.4, -0.2) is 49.5 Å². The molecule has 0 aromatic heterocycles. The van der Waals surface area contributed by atoms with Crippen LogP contribution in [0.3, 0.4) is 0 Å². The van der Waals surface area contributed by atoms with Crippen molar-refractivity contribution in [3.63, 3.8) is 0 Å². The topological polar surface area (TPSA) is 77.0 Å². The molecule has 0 aromatic rings. The zero-order valence-corrected chi connectivity index (χ0v) is 19.0. The summed E-state index contributed by atoms with van der Waals surface area (Å²) in [6.45, 7) is 9.44. The van der Waals surface area contributed by atoms with Crippen molar-refractivity contribution in [1.29, 1.82) is 0 Å². The third kappa shape index (κ3) is 4.39. The number of hydrogen-bond acceptors (Lipinski definition) is 5. The largest absolute Gasteiger partial charge is 0.453 e. The molecule has 5 atom stereocenters. The van der Waals surface area contributed by atoms with Crippen LogP contribution in [0.4, 0.5) is 4.79 Å². The number of fused-ring (bicyclic) bond motifs is 1. The molecule has 2 N–H and O–H groups in total. The predicted octanol–water partition coefficient (Wildman–Crippen LogP) is 3.03. The summed E-state index contributed by atoms with van der Waals surface area (Å²) in [4.78, 5) is 12.4. The van der Waals surface area contributed by atoms with Crippen molar-refractivity contribution in [3.05, 3.63) is 23.8 Å². The number of aliphatic hydroxyl groups excluding tert-OH is 1. The summed E-state index contributed by atoms with van der Waals surface area (Å²) in [6.07, 6.45) is 5.24. The molecule has 1 saturated heterocycles. The minimum atomic E-state index is -1.08. The number of rotatable bonds is 3. The van der Waals surface area contributed by atoms with Crippen LogP contribution in [0, 0.1) is 46.9 Å². The molecule has 2 fully saturated rings. The summed E-state index contributed by atoms with van der Waals surface area (Å²) in [5.74, 6) is 10.4. The van der Waals surface area contributed by atoms with Gasteiger partial charge in [0.15, 0.2) is 5.79 Å². The monoisotopic (exact) mass is 427 g/mol. The Hall–Kier alpha value is -2.25. The highest BCUT2D eigenvalue weighted by molar-refractivity contribution is 5.68. The second-order valence-electron chi connectivity index (χ2n) is 8.85. The van der Waals surface area contributed by atoms with E-state index in [9.17, 15) is 9.90 Å². The van der Waals surface area contributed by atoms with Gasteiger partial charge in [0.2, 0.25) is 0 Å². The minimum absolute atomic E-state index is 0.214. The van der Waals surface area contributed by atoms with Gasteiger partial charge >= 0.3 is 6.09 Å². The first-order valence-electron chi connectivity index (χ1n) is 11.0. The third-order valence-electron chi connectivity index (χ3n) is 6.86. The van der Waals surface area contributed by atoms with Gasteiger partial charge in [-0.1, -0.05) is 63.0 Å². The summed E-state index contributed by atoms with van der Waals surface area (Å²) in [6, 6.07) is -0.649. The quantitative estimate of drug-likeness (QED) is 0.535. The smallest absolute Gasteiger partial charge is 0.407 e. The zero-order valence-electron chi connectivity index (χ0n) is 19.0. The number of carbonyl (C=O) groups is 1. The lowest BCUT2D eigenvalue weighted by atomic mass is 9.64. The van der Waals surface area contributed by atoms with Crippen LogP contribution >= 0.6 is 0 Å². The number of aliphatic hydroxyl groups is 1. The van der Waals surface area contributed by atoms with E-state index >= 15 is 0 Å². The van der Waals surface area contributed by atoms with E-state index < -0.39 is 35.9 Å². The SMILES string of the molecule is CC/C=C1\C2C(C#C/C=C\C#C[C@@H]2O)C(NC(=O)OC)C2(C[C@@]1(C)C(C)C)OCCO2. The molecule has 0 radical (unpaired) electrons. The normalized spacial score (nSPS) is 36.0. The summed E-state index contributed by atoms with van der Waals surface area (Å²) < 4.78 is 17.4. The summed E-state index contributed by atoms with van der Waals surface area (Å²) >= 11 is 0. The first-order chi connectivity index (χ1) is 14.8. The lowest BCUT2D eigenvalue weighted by Crippen LogP contribution is -2.58. The maximum Gasteiger partial charge on any atom is 0.407 e. The van der Waals surface area contributed by atoms with Crippen molar-refractivity contribution in [3.8, 4) is 23.7 Å². The average molecular weight is 428 g/mol. The minimum Gasteiger partial charge on any atom is -0.453 e. The first kappa shape index (κ1) is 23.4. The third-order valence-corrected chi connectivity index (χ3v) is 6.86. The molecule has 1 amide bonds. The number of hydrogen-bond donors (Lipinski definition) is 2. The maximum absolute atomic E-state index is 12.4. The van der Waals surface area contributed by atoms with E-state index in [0.717, 1.165) is 12.0 Å². The molecule has 31 heavy (non-hydrogen) atoms. The van der Waals surface area contributed by atoms with Crippen molar-refractivity contribution < 1.29 is 24.1 Å². The van der Waals surface area contributed by atoms with Crippen LogP contribution in [-0.2, 0) is 14.2 Å². The van der Waals surface area contributed by atoms with E-state index in [1.807, 2.05) is 0 Å². The fraction of sp³-hybridized carbons (Fsp3) is 0.640. The Kier molecular flexibility index (Phi) is 7.17. The van der Waals surface area contributed by atoms with E-state index in [1.54, 1.807) is 12.2 Å². The van der Waals surface area contributed by atoms with E-state index in [0.29, 0.717) is 19.6 Å². The van der Waals surface area contributed by atoms with Crippen molar-refractivity contribution in [1.82, 2.24) is 5.32 Å². The lowest BCUT2D eigenvalue weighted by Gasteiger charge is -2.43. The van der Waals surface area contributed by atoms with Gasteiger partial charge in [0.05, 0.1) is 26.2 Å². The van der Waals surface area contributed by atoms with Gasteiger partial charge in [-0.15, -0.1) is 0 Å². The Balaban J connectivity index is 2.30. The Morgan fingerprint density at radius 1 is 1.32 bits per heavy atom. The zero-order chi connectivity index (χ0) is 22.6. The van der Waals surface area contributed by atoms with Crippen LogP contribution in [0.5, 0.6) is 0 Å². The molecule has 6 heteroatoms. The van der Waals surface area contributed by atoms with Crippen molar-refractivity contribution in [2.24, 2.45) is 23.2 Å². The Labute approximate surface area is 185 Å². The Morgan fingerprint density at radius 2 is 1.97 bits per heavy atom. The molecule has 1 aliphatic heterocycles. The number of carbonyl (C=O) groups excluding carboxylic acids is 1. The van der Waals surface area contributed by atoms with Gasteiger partial charge in [0.1, 0.15) is 12.1 Å². The molecular formula is C25H33NO5. The first-order valence-corrected chi connectivity index (χ1v) is 11.0. The van der Waals surface area contributed by atoms with Crippen molar-refractivity contribution in [2.75, 3.05) is 20.3 Å². The average Bonchev–Trinajstić information content (AvgIpc) is 3.20. The number of ether oxygens (including phenoxy) is 3. The lowest BCUT2D eigenvalue weighted by molar-refractivity contribution is -0.200. The molecule has 1 saturated carbocycles. The summed E-state index contributed by atoms with van der Waals surface area (Å²) in [5, 5.41) is 14.2. The van der Waals surface area contributed by atoms with E-state index in [1.165, 1.54) is 7.11 Å². The van der Waals surface area contributed by atoms with Crippen molar-refractivity contribution in [2.45, 2.75) is 58.5 Å². The predicted molar refractivity (Wildman–Crippen MR) is 118 cm³/mol. The van der Waals surface area contributed by atoms with Gasteiger partial charge in [-0.25, -0.2) is 4.79 Å².